The molecule has 1 aliphatic rings. The van der Waals surface area contributed by atoms with Crippen molar-refractivity contribution in [1.29, 1.82) is 0 Å². The van der Waals surface area contributed by atoms with Gasteiger partial charge >= 0.3 is 0 Å². The molecule has 7 heteroatoms. The lowest BCUT2D eigenvalue weighted by atomic mass is 10.1. The van der Waals surface area contributed by atoms with Crippen LogP contribution in [0.3, 0.4) is 0 Å². The van der Waals surface area contributed by atoms with Crippen molar-refractivity contribution in [2.45, 2.75) is 32.4 Å². The molecule has 2 atom stereocenters. The number of hydrogen-bond acceptors (Lipinski definition) is 6. The third-order valence-electron chi connectivity index (χ3n) is 3.55. The molecule has 21 heavy (non-hydrogen) atoms. The third-order valence-corrected chi connectivity index (χ3v) is 3.55. The molecule has 1 aliphatic heterocycles. The molecule has 0 unspecified atom stereocenters. The zero-order valence-corrected chi connectivity index (χ0v) is 12.0. The molecule has 0 spiro atoms. The standard InChI is InChI=1S/C14H17N3O4/c1-9-13(14-15-10(2)16-21-14)17(4-6-20-9)12(18)7-11-3-5-19-8-11/h3,5,8-9,13H,4,6-7H2,1-2H3/t9-,13+/m1/s1. The average Bonchev–Trinajstić information content (AvgIpc) is 3.10. The Morgan fingerprint density at radius 1 is 1.52 bits per heavy atom. The van der Waals surface area contributed by atoms with Gasteiger partial charge in [0.1, 0.15) is 6.04 Å². The molecule has 0 N–H and O–H groups in total. The van der Waals surface area contributed by atoms with Crippen molar-refractivity contribution >= 4 is 5.91 Å². The van der Waals surface area contributed by atoms with Gasteiger partial charge in [-0.2, -0.15) is 4.98 Å². The topological polar surface area (TPSA) is 81.6 Å². The number of carbonyl (C=O) groups is 1. The van der Waals surface area contributed by atoms with Crippen LogP contribution in [-0.2, 0) is 16.0 Å². The van der Waals surface area contributed by atoms with Gasteiger partial charge in [0.25, 0.3) is 5.89 Å². The van der Waals surface area contributed by atoms with E-state index in [4.69, 9.17) is 13.7 Å². The Labute approximate surface area is 121 Å². The lowest BCUT2D eigenvalue weighted by molar-refractivity contribution is -0.146. The van der Waals surface area contributed by atoms with Gasteiger partial charge in [-0.05, 0) is 25.5 Å². The number of amides is 1. The van der Waals surface area contributed by atoms with Crippen molar-refractivity contribution in [3.8, 4) is 0 Å². The highest BCUT2D eigenvalue weighted by Gasteiger charge is 2.37. The molecule has 0 saturated carbocycles. The minimum atomic E-state index is -0.348. The van der Waals surface area contributed by atoms with Crippen LogP contribution in [0.2, 0.25) is 0 Å². The number of furan rings is 1. The van der Waals surface area contributed by atoms with E-state index in [1.165, 1.54) is 0 Å². The fraction of sp³-hybridized carbons (Fsp3) is 0.500. The first-order chi connectivity index (χ1) is 10.1. The quantitative estimate of drug-likeness (QED) is 0.852. The van der Waals surface area contributed by atoms with Crippen LogP contribution in [-0.4, -0.2) is 40.2 Å². The van der Waals surface area contributed by atoms with E-state index in [1.54, 1.807) is 30.4 Å². The molecule has 7 nitrogen and oxygen atoms in total. The van der Waals surface area contributed by atoms with Crippen LogP contribution < -0.4 is 0 Å². The second kappa shape index (κ2) is 5.69. The lowest BCUT2D eigenvalue weighted by Crippen LogP contribution is -2.47. The third kappa shape index (κ3) is 2.82. The Bertz CT molecular complexity index is 608. The number of carbonyl (C=O) groups excluding carboxylic acids is 1. The Balaban J connectivity index is 1.82. The van der Waals surface area contributed by atoms with Crippen LogP contribution in [0.5, 0.6) is 0 Å². The summed E-state index contributed by atoms with van der Waals surface area (Å²) in [5.74, 6) is 0.956. The molecule has 1 saturated heterocycles. The van der Waals surface area contributed by atoms with E-state index < -0.39 is 0 Å². The number of rotatable bonds is 3. The van der Waals surface area contributed by atoms with Gasteiger partial charge in [-0.25, -0.2) is 0 Å². The molecule has 3 rings (SSSR count). The van der Waals surface area contributed by atoms with Gasteiger partial charge in [0.05, 0.1) is 31.7 Å². The second-order valence-corrected chi connectivity index (χ2v) is 5.10. The Morgan fingerprint density at radius 3 is 3.05 bits per heavy atom. The van der Waals surface area contributed by atoms with Crippen molar-refractivity contribution in [2.75, 3.05) is 13.2 Å². The average molecular weight is 291 g/mol. The highest BCUT2D eigenvalue weighted by atomic mass is 16.5. The maximum absolute atomic E-state index is 12.5. The Morgan fingerprint density at radius 2 is 2.38 bits per heavy atom. The van der Waals surface area contributed by atoms with Gasteiger partial charge < -0.3 is 18.6 Å². The molecule has 0 aliphatic carbocycles. The Kier molecular flexibility index (Phi) is 3.74. The normalized spacial score (nSPS) is 22.5. The number of hydrogen-bond donors (Lipinski definition) is 0. The predicted octanol–water partition coefficient (Wildman–Crippen LogP) is 1.50. The lowest BCUT2D eigenvalue weighted by Gasteiger charge is -2.37. The summed E-state index contributed by atoms with van der Waals surface area (Å²) < 4.78 is 15.9. The first kappa shape index (κ1) is 13.8. The highest BCUT2D eigenvalue weighted by Crippen LogP contribution is 2.29. The van der Waals surface area contributed by atoms with E-state index in [-0.39, 0.29) is 24.5 Å². The molecule has 3 heterocycles. The second-order valence-electron chi connectivity index (χ2n) is 5.10. The summed E-state index contributed by atoms with van der Waals surface area (Å²) in [5, 5.41) is 3.80. The van der Waals surface area contributed by atoms with E-state index in [0.29, 0.717) is 24.9 Å². The summed E-state index contributed by atoms with van der Waals surface area (Å²) in [7, 11) is 0. The largest absolute Gasteiger partial charge is 0.472 e. The molecule has 1 fully saturated rings. The number of aryl methyl sites for hydroxylation is 1. The van der Waals surface area contributed by atoms with Crippen molar-refractivity contribution < 1.29 is 18.5 Å². The number of aromatic nitrogens is 2. The maximum Gasteiger partial charge on any atom is 0.252 e. The van der Waals surface area contributed by atoms with Crippen molar-refractivity contribution in [1.82, 2.24) is 15.0 Å². The van der Waals surface area contributed by atoms with Crippen molar-refractivity contribution in [2.24, 2.45) is 0 Å². The smallest absolute Gasteiger partial charge is 0.252 e. The minimum absolute atomic E-state index is 0.00703. The number of nitrogens with zero attached hydrogens (tertiary/aromatic N) is 3. The predicted molar refractivity (Wildman–Crippen MR) is 71.3 cm³/mol. The van der Waals surface area contributed by atoms with Gasteiger partial charge in [-0.3, -0.25) is 4.79 Å². The fourth-order valence-corrected chi connectivity index (χ4v) is 2.54. The van der Waals surface area contributed by atoms with Crippen LogP contribution >= 0.6 is 0 Å². The first-order valence-electron chi connectivity index (χ1n) is 6.87. The van der Waals surface area contributed by atoms with E-state index >= 15 is 0 Å². The zero-order chi connectivity index (χ0) is 14.8. The molecule has 0 aromatic carbocycles. The molecule has 0 bridgehead atoms. The van der Waals surface area contributed by atoms with Gasteiger partial charge in [0.2, 0.25) is 5.91 Å². The highest BCUT2D eigenvalue weighted by molar-refractivity contribution is 5.79. The van der Waals surface area contributed by atoms with E-state index in [0.717, 1.165) is 5.56 Å². The molecule has 2 aromatic heterocycles. The van der Waals surface area contributed by atoms with E-state index in [2.05, 4.69) is 10.1 Å². The van der Waals surface area contributed by atoms with Crippen LogP contribution in [0.1, 0.15) is 30.2 Å². The van der Waals surface area contributed by atoms with Crippen molar-refractivity contribution in [3.05, 3.63) is 35.9 Å². The number of ether oxygens (including phenoxy) is 1. The molecule has 0 radical (unpaired) electrons. The summed E-state index contributed by atoms with van der Waals surface area (Å²) >= 11 is 0. The van der Waals surface area contributed by atoms with Gasteiger partial charge in [-0.15, -0.1) is 0 Å². The molecule has 2 aromatic rings. The summed E-state index contributed by atoms with van der Waals surface area (Å²) in [5.41, 5.74) is 0.847. The van der Waals surface area contributed by atoms with Crippen LogP contribution in [0.25, 0.3) is 0 Å². The monoisotopic (exact) mass is 291 g/mol. The molecular formula is C14H17N3O4. The van der Waals surface area contributed by atoms with E-state index in [9.17, 15) is 4.79 Å². The molecular weight excluding hydrogens is 274 g/mol. The number of morpholine rings is 1. The summed E-state index contributed by atoms with van der Waals surface area (Å²) in [6.07, 6.45) is 3.23. The zero-order valence-electron chi connectivity index (χ0n) is 12.0. The fourth-order valence-electron chi connectivity index (χ4n) is 2.54. The maximum atomic E-state index is 12.5. The van der Waals surface area contributed by atoms with Gasteiger partial charge in [0.15, 0.2) is 5.82 Å². The van der Waals surface area contributed by atoms with E-state index in [1.807, 2.05) is 6.92 Å². The molecule has 112 valence electrons. The molecule has 1 amide bonds. The summed E-state index contributed by atoms with van der Waals surface area (Å²) in [6, 6.07) is 1.44. The Hall–Kier alpha value is -2.15. The van der Waals surface area contributed by atoms with Crippen LogP contribution in [0, 0.1) is 6.92 Å². The first-order valence-corrected chi connectivity index (χ1v) is 6.87. The van der Waals surface area contributed by atoms with Gasteiger partial charge in [-0.1, -0.05) is 5.16 Å². The van der Waals surface area contributed by atoms with Gasteiger partial charge in [0, 0.05) is 6.54 Å². The minimum Gasteiger partial charge on any atom is -0.472 e. The van der Waals surface area contributed by atoms with Crippen LogP contribution in [0.15, 0.2) is 27.5 Å². The summed E-state index contributed by atoms with van der Waals surface area (Å²) in [4.78, 5) is 18.5. The summed E-state index contributed by atoms with van der Waals surface area (Å²) in [6.45, 7) is 4.66. The SMILES string of the molecule is Cc1noc([C@@H]2[C@@H](C)OCCN2C(=O)Cc2ccoc2)n1. The van der Waals surface area contributed by atoms with Crippen molar-refractivity contribution in [3.63, 3.8) is 0 Å². The van der Waals surface area contributed by atoms with Crippen LogP contribution in [0.4, 0.5) is 0 Å².